The molecular formula is C21H21F3N2O. The van der Waals surface area contributed by atoms with E-state index in [-0.39, 0.29) is 6.04 Å². The Labute approximate surface area is 156 Å². The van der Waals surface area contributed by atoms with Gasteiger partial charge in [-0.2, -0.15) is 13.2 Å². The summed E-state index contributed by atoms with van der Waals surface area (Å²) in [7, 11) is 0. The van der Waals surface area contributed by atoms with Gasteiger partial charge in [0.1, 0.15) is 5.54 Å². The lowest BCUT2D eigenvalue weighted by Crippen LogP contribution is -2.60. The molecule has 1 saturated heterocycles. The summed E-state index contributed by atoms with van der Waals surface area (Å²) >= 11 is 0. The van der Waals surface area contributed by atoms with E-state index in [9.17, 15) is 18.0 Å². The van der Waals surface area contributed by atoms with E-state index in [1.165, 1.54) is 12.1 Å². The quantitative estimate of drug-likeness (QED) is 0.831. The van der Waals surface area contributed by atoms with Crippen LogP contribution in [0.1, 0.15) is 35.1 Å². The minimum atomic E-state index is -4.38. The molecule has 3 nitrogen and oxygen atoms in total. The second-order valence-electron chi connectivity index (χ2n) is 7.20. The highest BCUT2D eigenvalue weighted by Crippen LogP contribution is 2.46. The molecule has 1 amide bonds. The van der Waals surface area contributed by atoms with Crippen LogP contribution in [0.2, 0.25) is 0 Å². The largest absolute Gasteiger partial charge is 0.416 e. The number of carbonyl (C=O) groups excluding carboxylic acids is 1. The number of halogens is 3. The molecule has 0 aliphatic carbocycles. The molecule has 0 aromatic heterocycles. The van der Waals surface area contributed by atoms with E-state index in [1.54, 1.807) is 4.90 Å². The highest BCUT2D eigenvalue weighted by molar-refractivity contribution is 5.59. The van der Waals surface area contributed by atoms with Crippen molar-refractivity contribution in [3.05, 3.63) is 70.8 Å². The lowest BCUT2D eigenvalue weighted by molar-refractivity contribution is -0.137. The molecule has 0 saturated carbocycles. The molecule has 0 spiro atoms. The van der Waals surface area contributed by atoms with Crippen LogP contribution in [0.4, 0.5) is 13.2 Å². The molecule has 2 aromatic carbocycles. The normalized spacial score (nSPS) is 25.3. The number of carbonyl (C=O) groups is 1. The van der Waals surface area contributed by atoms with Crippen molar-refractivity contribution in [3.63, 3.8) is 0 Å². The topological polar surface area (TPSA) is 32.3 Å². The zero-order valence-electron chi connectivity index (χ0n) is 14.8. The van der Waals surface area contributed by atoms with Crippen molar-refractivity contribution >= 4 is 6.41 Å². The van der Waals surface area contributed by atoms with Crippen LogP contribution in [0.3, 0.4) is 0 Å². The van der Waals surface area contributed by atoms with Gasteiger partial charge in [-0.25, -0.2) is 0 Å². The number of amides is 1. The van der Waals surface area contributed by atoms with Crippen LogP contribution in [0.15, 0.2) is 48.5 Å². The highest BCUT2D eigenvalue weighted by Gasteiger charge is 2.50. The van der Waals surface area contributed by atoms with E-state index in [0.717, 1.165) is 55.5 Å². The maximum atomic E-state index is 13.1. The number of nitrogens with one attached hydrogen (secondary N) is 1. The van der Waals surface area contributed by atoms with E-state index < -0.39 is 17.3 Å². The number of alkyl halides is 3. The molecule has 0 bridgehead atoms. The molecule has 2 heterocycles. The van der Waals surface area contributed by atoms with Crippen LogP contribution in [0.5, 0.6) is 0 Å². The second-order valence-corrected chi connectivity index (χ2v) is 7.20. The first kappa shape index (κ1) is 18.0. The summed E-state index contributed by atoms with van der Waals surface area (Å²) in [5.74, 6) is 0. The van der Waals surface area contributed by atoms with Crippen molar-refractivity contribution in [1.82, 2.24) is 10.2 Å². The number of hydrogen-bond donors (Lipinski definition) is 1. The predicted octanol–water partition coefficient (Wildman–Crippen LogP) is 3.72. The van der Waals surface area contributed by atoms with Crippen LogP contribution in [-0.2, 0) is 22.9 Å². The Bertz CT molecular complexity index is 828. The van der Waals surface area contributed by atoms with E-state index in [1.807, 2.05) is 24.3 Å². The first-order valence-electron chi connectivity index (χ1n) is 9.19. The molecule has 4 rings (SSSR count). The van der Waals surface area contributed by atoms with Crippen molar-refractivity contribution in [1.29, 1.82) is 0 Å². The zero-order valence-corrected chi connectivity index (χ0v) is 14.8. The molecule has 142 valence electrons. The van der Waals surface area contributed by atoms with Crippen LogP contribution in [-0.4, -0.2) is 30.4 Å². The first-order chi connectivity index (χ1) is 13.0. The van der Waals surface area contributed by atoms with Gasteiger partial charge in [0.15, 0.2) is 0 Å². The summed E-state index contributed by atoms with van der Waals surface area (Å²) in [6.45, 7) is 1.38. The number of fused-ring (bicyclic) bond motifs is 1. The van der Waals surface area contributed by atoms with E-state index in [4.69, 9.17) is 0 Å². The van der Waals surface area contributed by atoms with Crippen molar-refractivity contribution in [2.24, 2.45) is 0 Å². The van der Waals surface area contributed by atoms with Gasteiger partial charge in [0.05, 0.1) is 5.56 Å². The Hall–Kier alpha value is -2.34. The SMILES string of the molecule is O=CN1CCc2ccccc2[C@]1(c1ccc(C(F)(F)F)cc1)[C@H]1CCCN1. The Morgan fingerprint density at radius 2 is 1.85 bits per heavy atom. The standard InChI is InChI=1S/C21H21F3N2O/c22-21(23,24)17-9-7-16(8-10-17)20(19-6-3-12-25-19)18-5-2-1-4-15(18)11-13-26(20)14-27/h1-2,4-5,7-10,14,19,25H,3,6,11-13H2/t19-,20-/m1/s1. The third-order valence-corrected chi connectivity index (χ3v) is 5.85. The average molecular weight is 374 g/mol. The molecule has 0 radical (unpaired) electrons. The van der Waals surface area contributed by atoms with E-state index in [0.29, 0.717) is 12.1 Å². The first-order valence-corrected chi connectivity index (χ1v) is 9.19. The number of nitrogens with zero attached hydrogens (tertiary/aromatic N) is 1. The van der Waals surface area contributed by atoms with Crippen LogP contribution < -0.4 is 5.32 Å². The Morgan fingerprint density at radius 3 is 2.48 bits per heavy atom. The number of benzene rings is 2. The fraction of sp³-hybridized carbons (Fsp3) is 0.381. The zero-order chi connectivity index (χ0) is 19.1. The molecule has 6 heteroatoms. The van der Waals surface area contributed by atoms with Crippen LogP contribution >= 0.6 is 0 Å². The van der Waals surface area contributed by atoms with Crippen LogP contribution in [0, 0.1) is 0 Å². The van der Waals surface area contributed by atoms with Gasteiger partial charge in [0.2, 0.25) is 6.41 Å². The van der Waals surface area contributed by atoms with Crippen molar-refractivity contribution < 1.29 is 18.0 Å². The lowest BCUT2D eigenvalue weighted by atomic mass is 9.70. The van der Waals surface area contributed by atoms with Gasteiger partial charge in [-0.05, 0) is 54.6 Å². The summed E-state index contributed by atoms with van der Waals surface area (Å²) in [6, 6.07) is 13.2. The monoisotopic (exact) mass is 374 g/mol. The minimum Gasteiger partial charge on any atom is -0.329 e. The summed E-state index contributed by atoms with van der Waals surface area (Å²) in [4.78, 5) is 13.8. The van der Waals surface area contributed by atoms with Gasteiger partial charge in [0.25, 0.3) is 0 Å². The maximum absolute atomic E-state index is 13.1. The third kappa shape index (κ3) is 2.83. The maximum Gasteiger partial charge on any atom is 0.416 e. The Morgan fingerprint density at radius 1 is 1.11 bits per heavy atom. The molecule has 2 aliphatic heterocycles. The second kappa shape index (κ2) is 6.68. The van der Waals surface area contributed by atoms with Crippen molar-refractivity contribution in [2.75, 3.05) is 13.1 Å². The van der Waals surface area contributed by atoms with Gasteiger partial charge < -0.3 is 10.2 Å². The van der Waals surface area contributed by atoms with Gasteiger partial charge in [-0.1, -0.05) is 36.4 Å². The summed E-state index contributed by atoms with van der Waals surface area (Å²) in [6.07, 6.45) is -0.967. The molecule has 1 N–H and O–H groups in total. The van der Waals surface area contributed by atoms with Crippen LogP contribution in [0.25, 0.3) is 0 Å². The summed E-state index contributed by atoms with van der Waals surface area (Å²) in [5.41, 5.74) is 1.39. The van der Waals surface area contributed by atoms with Crippen molar-refractivity contribution in [3.8, 4) is 0 Å². The molecular weight excluding hydrogens is 353 g/mol. The lowest BCUT2D eigenvalue weighted by Gasteiger charge is -2.50. The molecule has 0 unspecified atom stereocenters. The number of hydrogen-bond acceptors (Lipinski definition) is 2. The minimum absolute atomic E-state index is 0.0408. The van der Waals surface area contributed by atoms with Gasteiger partial charge in [0, 0.05) is 12.6 Å². The summed E-state index contributed by atoms with van der Waals surface area (Å²) < 4.78 is 39.2. The summed E-state index contributed by atoms with van der Waals surface area (Å²) in [5, 5.41) is 3.49. The van der Waals surface area contributed by atoms with Gasteiger partial charge >= 0.3 is 6.18 Å². The van der Waals surface area contributed by atoms with Gasteiger partial charge in [-0.3, -0.25) is 4.79 Å². The van der Waals surface area contributed by atoms with E-state index >= 15 is 0 Å². The molecule has 2 atom stereocenters. The fourth-order valence-corrected chi connectivity index (χ4v) is 4.68. The molecule has 1 fully saturated rings. The fourth-order valence-electron chi connectivity index (χ4n) is 4.68. The molecule has 2 aliphatic rings. The molecule has 27 heavy (non-hydrogen) atoms. The Balaban J connectivity index is 1.94. The Kier molecular flexibility index (Phi) is 4.46. The molecule has 2 aromatic rings. The smallest absolute Gasteiger partial charge is 0.329 e. The highest BCUT2D eigenvalue weighted by atomic mass is 19.4. The third-order valence-electron chi connectivity index (χ3n) is 5.85. The van der Waals surface area contributed by atoms with Gasteiger partial charge in [-0.15, -0.1) is 0 Å². The number of rotatable bonds is 3. The predicted molar refractivity (Wildman–Crippen MR) is 96.2 cm³/mol. The van der Waals surface area contributed by atoms with E-state index in [2.05, 4.69) is 5.32 Å². The van der Waals surface area contributed by atoms with Crippen molar-refractivity contribution in [2.45, 2.75) is 37.0 Å². The average Bonchev–Trinajstić information content (AvgIpc) is 3.21.